The molecule has 0 radical (unpaired) electrons. The first-order valence-corrected chi connectivity index (χ1v) is 8.45. The van der Waals surface area contributed by atoms with E-state index < -0.39 is 22.7 Å². The van der Waals surface area contributed by atoms with Crippen LogP contribution in [-0.2, 0) is 15.8 Å². The van der Waals surface area contributed by atoms with Gasteiger partial charge in [0.05, 0.1) is 17.1 Å². The maximum Gasteiger partial charge on any atom is 0.417 e. The molecule has 0 unspecified atom stereocenters. The van der Waals surface area contributed by atoms with Gasteiger partial charge < -0.3 is 10.2 Å². The normalized spacial score (nSPS) is 15.2. The molecule has 1 N–H and O–H groups in total. The Kier molecular flexibility index (Phi) is 6.32. The molecule has 2 rings (SSSR count). The van der Waals surface area contributed by atoms with Crippen molar-refractivity contribution in [1.29, 1.82) is 0 Å². The lowest BCUT2D eigenvalue weighted by atomic mass is 10.0. The number of carbonyl (C=O) groups excluding carboxylic acids is 2. The van der Waals surface area contributed by atoms with Gasteiger partial charge in [0, 0.05) is 19.2 Å². The van der Waals surface area contributed by atoms with E-state index in [0.717, 1.165) is 37.8 Å². The van der Waals surface area contributed by atoms with Gasteiger partial charge in [0.25, 0.3) is 0 Å². The molecular weight excluding hydrogens is 357 g/mol. The summed E-state index contributed by atoms with van der Waals surface area (Å²) in [5.41, 5.74) is -1.03. The van der Waals surface area contributed by atoms with Crippen LogP contribution in [0.25, 0.3) is 0 Å². The minimum atomic E-state index is -4.61. The van der Waals surface area contributed by atoms with Gasteiger partial charge in [-0.25, -0.2) is 0 Å². The largest absolute Gasteiger partial charge is 0.417 e. The van der Waals surface area contributed by atoms with E-state index in [4.69, 9.17) is 11.6 Å². The van der Waals surface area contributed by atoms with E-state index in [9.17, 15) is 22.8 Å². The molecule has 1 aliphatic rings. The van der Waals surface area contributed by atoms with Crippen LogP contribution in [0.1, 0.15) is 37.7 Å². The highest BCUT2D eigenvalue weighted by Crippen LogP contribution is 2.36. The van der Waals surface area contributed by atoms with Crippen molar-refractivity contribution in [3.8, 4) is 0 Å². The van der Waals surface area contributed by atoms with Crippen LogP contribution < -0.4 is 5.32 Å². The lowest BCUT2D eigenvalue weighted by Crippen LogP contribution is -2.35. The van der Waals surface area contributed by atoms with E-state index in [2.05, 4.69) is 5.32 Å². The number of nitrogens with one attached hydrogen (secondary N) is 1. The second-order valence-corrected chi connectivity index (χ2v) is 6.75. The second kappa shape index (κ2) is 8.08. The molecule has 0 spiro atoms. The van der Waals surface area contributed by atoms with Crippen molar-refractivity contribution < 1.29 is 22.8 Å². The van der Waals surface area contributed by atoms with E-state index in [1.807, 2.05) is 0 Å². The number of hydrogen-bond donors (Lipinski definition) is 1. The van der Waals surface area contributed by atoms with Gasteiger partial charge in [0.2, 0.25) is 11.8 Å². The Hall–Kier alpha value is -1.76. The zero-order valence-corrected chi connectivity index (χ0v) is 14.6. The highest BCUT2D eigenvalue weighted by Gasteiger charge is 2.33. The Morgan fingerprint density at radius 1 is 1.28 bits per heavy atom. The van der Waals surface area contributed by atoms with E-state index in [1.165, 1.54) is 18.0 Å². The minimum Gasteiger partial charge on any atom is -0.336 e. The number of rotatable bonds is 5. The molecule has 1 aliphatic carbocycles. The molecular formula is C17H20ClF3N2O2. The fourth-order valence-corrected chi connectivity index (χ4v) is 3.17. The summed E-state index contributed by atoms with van der Waals surface area (Å²) >= 11 is 5.54. The average Bonchev–Trinajstić information content (AvgIpc) is 3.00. The fourth-order valence-electron chi connectivity index (χ4n) is 2.94. The van der Waals surface area contributed by atoms with Crippen molar-refractivity contribution >= 4 is 29.1 Å². The van der Waals surface area contributed by atoms with Crippen LogP contribution in [0, 0.1) is 5.92 Å². The first-order chi connectivity index (χ1) is 11.7. The number of alkyl halides is 3. The number of amides is 2. The molecule has 0 aliphatic heterocycles. The van der Waals surface area contributed by atoms with Crippen LogP contribution in [0.4, 0.5) is 18.9 Å². The standard InChI is InChI=1S/C17H20ClF3N2O2/c1-23(16(25)8-11-4-2-3-5-11)10-15(24)22-12-6-7-14(18)13(9-12)17(19,20)21/h6-7,9,11H,2-5,8,10H2,1H3,(H,22,24). The van der Waals surface area contributed by atoms with Gasteiger partial charge in [-0.05, 0) is 37.0 Å². The van der Waals surface area contributed by atoms with Gasteiger partial charge >= 0.3 is 6.18 Å². The third kappa shape index (κ3) is 5.63. The van der Waals surface area contributed by atoms with Gasteiger partial charge in [-0.1, -0.05) is 24.4 Å². The summed E-state index contributed by atoms with van der Waals surface area (Å²) in [5.74, 6) is -0.324. The zero-order valence-electron chi connectivity index (χ0n) is 13.8. The number of carbonyl (C=O) groups is 2. The highest BCUT2D eigenvalue weighted by atomic mass is 35.5. The number of hydrogen-bond acceptors (Lipinski definition) is 2. The van der Waals surface area contributed by atoms with Gasteiger partial charge in [-0.3, -0.25) is 9.59 Å². The summed E-state index contributed by atoms with van der Waals surface area (Å²) in [4.78, 5) is 25.4. The summed E-state index contributed by atoms with van der Waals surface area (Å²) in [6.07, 6.45) is 0.100. The molecule has 1 aromatic rings. The SMILES string of the molecule is CN(CC(=O)Nc1ccc(Cl)c(C(F)(F)F)c1)C(=O)CC1CCCC1. The molecule has 25 heavy (non-hydrogen) atoms. The van der Waals surface area contributed by atoms with E-state index in [0.29, 0.717) is 12.3 Å². The zero-order chi connectivity index (χ0) is 18.6. The van der Waals surface area contributed by atoms with Crippen LogP contribution >= 0.6 is 11.6 Å². The Labute approximate surface area is 149 Å². The van der Waals surface area contributed by atoms with Crippen molar-refractivity contribution in [2.45, 2.75) is 38.3 Å². The molecule has 8 heteroatoms. The molecule has 0 atom stereocenters. The van der Waals surface area contributed by atoms with Crippen molar-refractivity contribution in [3.05, 3.63) is 28.8 Å². The monoisotopic (exact) mass is 376 g/mol. The molecule has 0 heterocycles. The van der Waals surface area contributed by atoms with E-state index in [1.54, 1.807) is 0 Å². The number of likely N-dealkylation sites (N-methyl/N-ethyl adjacent to an activating group) is 1. The smallest absolute Gasteiger partial charge is 0.336 e. The molecule has 2 amide bonds. The topological polar surface area (TPSA) is 49.4 Å². The third-order valence-electron chi connectivity index (χ3n) is 4.30. The maximum atomic E-state index is 12.8. The maximum absolute atomic E-state index is 12.8. The average molecular weight is 377 g/mol. The number of anilines is 1. The van der Waals surface area contributed by atoms with Crippen LogP contribution in [-0.4, -0.2) is 30.3 Å². The third-order valence-corrected chi connectivity index (χ3v) is 4.63. The summed E-state index contributed by atoms with van der Waals surface area (Å²) in [7, 11) is 1.51. The Bertz CT molecular complexity index is 643. The van der Waals surface area contributed by atoms with Crippen molar-refractivity contribution in [2.24, 2.45) is 5.92 Å². The Balaban J connectivity index is 1.92. The predicted octanol–water partition coefficient (Wildman–Crippen LogP) is 4.34. The van der Waals surface area contributed by atoms with Crippen LogP contribution in [0.15, 0.2) is 18.2 Å². The molecule has 0 saturated heterocycles. The van der Waals surface area contributed by atoms with Crippen molar-refractivity contribution in [3.63, 3.8) is 0 Å². The van der Waals surface area contributed by atoms with E-state index in [-0.39, 0.29) is 18.1 Å². The molecule has 0 aromatic heterocycles. The fraction of sp³-hybridized carbons (Fsp3) is 0.529. The second-order valence-electron chi connectivity index (χ2n) is 6.34. The highest BCUT2D eigenvalue weighted by molar-refractivity contribution is 6.31. The number of nitrogens with zero attached hydrogens (tertiary/aromatic N) is 1. The lowest BCUT2D eigenvalue weighted by molar-refractivity contribution is -0.137. The molecule has 1 aromatic carbocycles. The summed E-state index contributed by atoms with van der Waals surface area (Å²) < 4.78 is 38.5. The summed E-state index contributed by atoms with van der Waals surface area (Å²) in [5, 5.41) is 1.93. The summed E-state index contributed by atoms with van der Waals surface area (Å²) in [6, 6.07) is 3.14. The van der Waals surface area contributed by atoms with Crippen molar-refractivity contribution in [2.75, 3.05) is 18.9 Å². The molecule has 1 saturated carbocycles. The number of benzene rings is 1. The van der Waals surface area contributed by atoms with Crippen LogP contribution in [0.5, 0.6) is 0 Å². The van der Waals surface area contributed by atoms with Gasteiger partial charge in [0.1, 0.15) is 0 Å². The van der Waals surface area contributed by atoms with Crippen LogP contribution in [0.2, 0.25) is 5.02 Å². The minimum absolute atomic E-state index is 0.0154. The quantitative estimate of drug-likeness (QED) is 0.831. The van der Waals surface area contributed by atoms with Gasteiger partial charge in [0.15, 0.2) is 0 Å². The molecule has 0 bridgehead atoms. The first kappa shape index (κ1) is 19.6. The Morgan fingerprint density at radius 3 is 2.52 bits per heavy atom. The molecule has 138 valence electrons. The molecule has 1 fully saturated rings. The number of halogens is 4. The van der Waals surface area contributed by atoms with E-state index >= 15 is 0 Å². The predicted molar refractivity (Wildman–Crippen MR) is 89.3 cm³/mol. The lowest BCUT2D eigenvalue weighted by Gasteiger charge is -2.19. The van der Waals surface area contributed by atoms with Gasteiger partial charge in [-0.15, -0.1) is 0 Å². The first-order valence-electron chi connectivity index (χ1n) is 8.07. The summed E-state index contributed by atoms with van der Waals surface area (Å²) in [6.45, 7) is -0.213. The molecule has 4 nitrogen and oxygen atoms in total. The van der Waals surface area contributed by atoms with Gasteiger partial charge in [-0.2, -0.15) is 13.2 Å². The van der Waals surface area contributed by atoms with Crippen molar-refractivity contribution in [1.82, 2.24) is 4.90 Å². The Morgan fingerprint density at radius 2 is 1.92 bits per heavy atom. The van der Waals surface area contributed by atoms with Crippen LogP contribution in [0.3, 0.4) is 0 Å².